The Labute approximate surface area is 199 Å². The number of amides is 1. The van der Waals surface area contributed by atoms with E-state index < -0.39 is 35.9 Å². The van der Waals surface area contributed by atoms with Crippen molar-refractivity contribution in [2.75, 3.05) is 32.9 Å². The minimum Gasteiger partial charge on any atom is -0.479 e. The van der Waals surface area contributed by atoms with Crippen LogP contribution in [0.1, 0.15) is 32.3 Å². The molecule has 1 amide bonds. The van der Waals surface area contributed by atoms with Gasteiger partial charge in [-0.1, -0.05) is 49.9 Å². The molecule has 2 N–H and O–H groups in total. The van der Waals surface area contributed by atoms with Crippen molar-refractivity contribution in [2.45, 2.75) is 51.2 Å². The molecule has 0 aliphatic carbocycles. The predicted molar refractivity (Wildman–Crippen MR) is 123 cm³/mol. The highest BCUT2D eigenvalue weighted by molar-refractivity contribution is 6.03. The van der Waals surface area contributed by atoms with Crippen LogP contribution in [0.5, 0.6) is 0 Å². The van der Waals surface area contributed by atoms with Crippen LogP contribution in [0.4, 0.5) is 4.79 Å². The molecule has 1 aromatic rings. The van der Waals surface area contributed by atoms with Gasteiger partial charge in [0.05, 0.1) is 13.2 Å². The molecule has 1 heterocycles. The maximum atomic E-state index is 13.0. The van der Waals surface area contributed by atoms with E-state index in [0.29, 0.717) is 32.7 Å². The number of morpholine rings is 1. The van der Waals surface area contributed by atoms with Crippen LogP contribution in [0.2, 0.25) is 0 Å². The van der Waals surface area contributed by atoms with E-state index in [-0.39, 0.29) is 19.6 Å². The summed E-state index contributed by atoms with van der Waals surface area (Å²) in [5, 5.41) is 12.8. The molecule has 1 aliphatic heterocycles. The summed E-state index contributed by atoms with van der Waals surface area (Å²) >= 11 is 0. The Morgan fingerprint density at radius 3 is 2.50 bits per heavy atom. The Morgan fingerprint density at radius 1 is 1.24 bits per heavy atom. The minimum atomic E-state index is -2.34. The molecule has 0 bridgehead atoms. The second-order valence-corrected chi connectivity index (χ2v) is 7.90. The molecular weight excluding hydrogens is 444 g/mol. The molecule has 0 radical (unpaired) electrons. The first-order valence-electron chi connectivity index (χ1n) is 11.3. The highest BCUT2D eigenvalue weighted by Crippen LogP contribution is 2.26. The van der Waals surface area contributed by atoms with Gasteiger partial charge in [-0.2, -0.15) is 0 Å². The first kappa shape index (κ1) is 27.3. The van der Waals surface area contributed by atoms with Crippen LogP contribution in [-0.4, -0.2) is 78.8 Å². The molecule has 34 heavy (non-hydrogen) atoms. The SMILES string of the molecule is C=CCOC(=O)C(CC(CC)NC(=O)OCc1ccccc1)(OC(C)N1CCOCC1)C(=O)O. The molecular formula is C24H34N2O8. The van der Waals surface area contributed by atoms with Gasteiger partial charge in [-0.05, 0) is 18.9 Å². The van der Waals surface area contributed by atoms with E-state index in [1.54, 1.807) is 13.8 Å². The molecule has 1 saturated heterocycles. The van der Waals surface area contributed by atoms with Crippen LogP contribution < -0.4 is 5.32 Å². The van der Waals surface area contributed by atoms with Crippen molar-refractivity contribution in [3.63, 3.8) is 0 Å². The standard InChI is InChI=1S/C24H34N2O8/c1-4-13-32-22(29)24(21(27)28,34-18(3)26-11-14-31-15-12-26)16-20(5-2)25-23(30)33-17-19-9-7-6-8-10-19/h4,6-10,18,20H,1,5,11-17H2,2-3H3,(H,25,30)(H,27,28). The van der Waals surface area contributed by atoms with Gasteiger partial charge in [0.1, 0.15) is 19.4 Å². The van der Waals surface area contributed by atoms with Crippen LogP contribution in [0, 0.1) is 0 Å². The monoisotopic (exact) mass is 478 g/mol. The van der Waals surface area contributed by atoms with Crippen molar-refractivity contribution < 1.29 is 38.4 Å². The number of carboxylic acids is 1. The summed E-state index contributed by atoms with van der Waals surface area (Å²) < 4.78 is 21.6. The van der Waals surface area contributed by atoms with Crippen LogP contribution in [-0.2, 0) is 35.1 Å². The molecule has 10 heteroatoms. The summed E-state index contributed by atoms with van der Waals surface area (Å²) in [5.74, 6) is -2.56. The summed E-state index contributed by atoms with van der Waals surface area (Å²) in [5.41, 5.74) is -1.53. The van der Waals surface area contributed by atoms with Gasteiger partial charge in [0, 0.05) is 25.6 Å². The van der Waals surface area contributed by atoms with Crippen molar-refractivity contribution in [3.05, 3.63) is 48.6 Å². The molecule has 1 fully saturated rings. The quantitative estimate of drug-likeness (QED) is 0.250. The summed E-state index contributed by atoms with van der Waals surface area (Å²) in [7, 11) is 0. The average molecular weight is 479 g/mol. The summed E-state index contributed by atoms with van der Waals surface area (Å²) in [6.07, 6.45) is -0.106. The number of nitrogens with zero attached hydrogens (tertiary/aromatic N) is 1. The number of hydrogen-bond donors (Lipinski definition) is 2. The molecule has 10 nitrogen and oxygen atoms in total. The van der Waals surface area contributed by atoms with Crippen LogP contribution in [0.3, 0.4) is 0 Å². The summed E-state index contributed by atoms with van der Waals surface area (Å²) in [4.78, 5) is 39.7. The Balaban J connectivity index is 2.15. The third-order valence-electron chi connectivity index (χ3n) is 5.50. The lowest BCUT2D eigenvalue weighted by molar-refractivity contribution is -0.211. The number of benzene rings is 1. The smallest absolute Gasteiger partial charge is 0.407 e. The fraction of sp³-hybridized carbons (Fsp3) is 0.542. The van der Waals surface area contributed by atoms with Crippen LogP contribution in [0.15, 0.2) is 43.0 Å². The number of carbonyl (C=O) groups is 3. The number of esters is 1. The molecule has 0 saturated carbocycles. The van der Waals surface area contributed by atoms with Crippen molar-refractivity contribution in [1.82, 2.24) is 10.2 Å². The first-order valence-corrected chi connectivity index (χ1v) is 11.3. The van der Waals surface area contributed by atoms with Gasteiger partial charge < -0.3 is 29.4 Å². The number of nitrogens with one attached hydrogen (secondary N) is 1. The molecule has 1 aromatic carbocycles. The van der Waals surface area contributed by atoms with E-state index in [0.717, 1.165) is 5.56 Å². The maximum absolute atomic E-state index is 13.0. The molecule has 3 atom stereocenters. The van der Waals surface area contributed by atoms with E-state index in [9.17, 15) is 19.5 Å². The fourth-order valence-electron chi connectivity index (χ4n) is 3.54. The van der Waals surface area contributed by atoms with Gasteiger partial charge in [0.15, 0.2) is 0 Å². The van der Waals surface area contributed by atoms with Crippen molar-refractivity contribution >= 4 is 18.0 Å². The minimum absolute atomic E-state index is 0.0547. The number of hydrogen-bond acceptors (Lipinski definition) is 8. The highest BCUT2D eigenvalue weighted by atomic mass is 16.6. The third kappa shape index (κ3) is 7.82. The zero-order chi connectivity index (χ0) is 25.0. The zero-order valence-corrected chi connectivity index (χ0v) is 19.7. The predicted octanol–water partition coefficient (Wildman–Crippen LogP) is 2.33. The van der Waals surface area contributed by atoms with Gasteiger partial charge in [-0.15, -0.1) is 0 Å². The number of rotatable bonds is 13. The van der Waals surface area contributed by atoms with E-state index >= 15 is 0 Å². The number of alkyl carbamates (subject to hydrolysis) is 1. The van der Waals surface area contributed by atoms with Gasteiger partial charge >= 0.3 is 18.0 Å². The lowest BCUT2D eigenvalue weighted by Crippen LogP contribution is -2.58. The molecule has 3 unspecified atom stereocenters. The topological polar surface area (TPSA) is 124 Å². The first-order chi connectivity index (χ1) is 16.3. The number of ether oxygens (including phenoxy) is 4. The second-order valence-electron chi connectivity index (χ2n) is 7.90. The molecule has 2 rings (SSSR count). The lowest BCUT2D eigenvalue weighted by Gasteiger charge is -2.38. The second kappa shape index (κ2) is 13.7. The normalized spacial score (nSPS) is 17.6. The molecule has 188 valence electrons. The number of carboxylic acid groups (broad SMARTS) is 1. The van der Waals surface area contributed by atoms with Gasteiger partial charge in [-0.25, -0.2) is 14.4 Å². The maximum Gasteiger partial charge on any atom is 0.407 e. The average Bonchev–Trinajstić information content (AvgIpc) is 2.85. The van der Waals surface area contributed by atoms with E-state index in [4.69, 9.17) is 18.9 Å². The summed E-state index contributed by atoms with van der Waals surface area (Å²) in [6.45, 7) is 8.81. The Hall–Kier alpha value is -2.95. The van der Waals surface area contributed by atoms with Crippen molar-refractivity contribution in [2.24, 2.45) is 0 Å². The Kier molecular flexibility index (Phi) is 11.0. The largest absolute Gasteiger partial charge is 0.479 e. The highest BCUT2D eigenvalue weighted by Gasteiger charge is 2.52. The van der Waals surface area contributed by atoms with Crippen LogP contribution in [0.25, 0.3) is 0 Å². The number of carbonyl (C=O) groups excluding carboxylic acids is 2. The van der Waals surface area contributed by atoms with Gasteiger partial charge in [0.2, 0.25) is 0 Å². The van der Waals surface area contributed by atoms with E-state index in [1.165, 1.54) is 6.08 Å². The Morgan fingerprint density at radius 2 is 1.91 bits per heavy atom. The van der Waals surface area contributed by atoms with Crippen molar-refractivity contribution in [1.29, 1.82) is 0 Å². The molecule has 0 aromatic heterocycles. The summed E-state index contributed by atoms with van der Waals surface area (Å²) in [6, 6.07) is 8.41. The third-order valence-corrected chi connectivity index (χ3v) is 5.50. The van der Waals surface area contributed by atoms with E-state index in [1.807, 2.05) is 35.2 Å². The van der Waals surface area contributed by atoms with Crippen LogP contribution >= 0.6 is 0 Å². The Bertz CT molecular complexity index is 812. The fourth-order valence-corrected chi connectivity index (χ4v) is 3.54. The van der Waals surface area contributed by atoms with E-state index in [2.05, 4.69) is 11.9 Å². The zero-order valence-electron chi connectivity index (χ0n) is 19.7. The van der Waals surface area contributed by atoms with Crippen molar-refractivity contribution in [3.8, 4) is 0 Å². The van der Waals surface area contributed by atoms with Gasteiger partial charge in [-0.3, -0.25) is 4.90 Å². The lowest BCUT2D eigenvalue weighted by atomic mass is 9.92. The van der Waals surface area contributed by atoms with Gasteiger partial charge in [0.25, 0.3) is 5.60 Å². The molecule has 0 spiro atoms. The molecule has 1 aliphatic rings. The number of aliphatic carboxylic acids is 1.